The van der Waals surface area contributed by atoms with E-state index in [0.717, 1.165) is 24.1 Å². The third-order valence-electron chi connectivity index (χ3n) is 4.07. The van der Waals surface area contributed by atoms with Crippen LogP contribution in [-0.4, -0.2) is 19.1 Å². The van der Waals surface area contributed by atoms with E-state index in [9.17, 15) is 13.6 Å². The lowest BCUT2D eigenvalue weighted by atomic mass is 9.99. The van der Waals surface area contributed by atoms with E-state index in [2.05, 4.69) is 4.74 Å². The van der Waals surface area contributed by atoms with Crippen molar-refractivity contribution in [2.45, 2.75) is 25.9 Å². The molecular weight excluding hydrogens is 314 g/mol. The number of amides is 1. The Balaban J connectivity index is 1.78. The quantitative estimate of drug-likeness (QED) is 0.873. The van der Waals surface area contributed by atoms with Gasteiger partial charge in [-0.1, -0.05) is 18.2 Å². The van der Waals surface area contributed by atoms with Crippen molar-refractivity contribution < 1.29 is 18.3 Å². The van der Waals surface area contributed by atoms with Gasteiger partial charge in [0.1, 0.15) is 5.75 Å². The SMILES string of the molecule is Nc1cccc2c1CCCN2C(=O)Cc1cccc(OC(F)F)c1. The summed E-state index contributed by atoms with van der Waals surface area (Å²) in [5.74, 6) is -0.0330. The van der Waals surface area contributed by atoms with E-state index in [4.69, 9.17) is 5.73 Å². The van der Waals surface area contributed by atoms with Gasteiger partial charge >= 0.3 is 6.61 Å². The summed E-state index contributed by atoms with van der Waals surface area (Å²) in [5, 5.41) is 0. The summed E-state index contributed by atoms with van der Waals surface area (Å²) in [6, 6.07) is 11.8. The number of fused-ring (bicyclic) bond motifs is 1. The number of anilines is 2. The maximum absolute atomic E-state index is 12.7. The molecule has 0 fully saturated rings. The number of benzene rings is 2. The molecule has 0 saturated heterocycles. The number of nitrogens with zero attached hydrogens (tertiary/aromatic N) is 1. The van der Waals surface area contributed by atoms with Gasteiger partial charge in [0.2, 0.25) is 5.91 Å². The maximum atomic E-state index is 12.7. The Morgan fingerprint density at radius 2 is 2.04 bits per heavy atom. The molecule has 0 aliphatic carbocycles. The highest BCUT2D eigenvalue weighted by molar-refractivity contribution is 5.96. The Hall–Kier alpha value is -2.63. The molecule has 1 aliphatic heterocycles. The average Bonchev–Trinajstić information content (AvgIpc) is 2.54. The van der Waals surface area contributed by atoms with Crippen molar-refractivity contribution in [2.75, 3.05) is 17.2 Å². The van der Waals surface area contributed by atoms with Gasteiger partial charge in [-0.25, -0.2) is 0 Å². The number of nitrogens with two attached hydrogens (primary N) is 1. The number of halogens is 2. The second-order valence-electron chi connectivity index (χ2n) is 5.70. The molecule has 24 heavy (non-hydrogen) atoms. The zero-order valence-electron chi connectivity index (χ0n) is 13.0. The fraction of sp³-hybridized carbons (Fsp3) is 0.278. The van der Waals surface area contributed by atoms with Gasteiger partial charge in [0.25, 0.3) is 0 Å². The predicted octanol–water partition coefficient (Wildman–Crippen LogP) is 3.39. The van der Waals surface area contributed by atoms with E-state index >= 15 is 0 Å². The van der Waals surface area contributed by atoms with Crippen LogP contribution in [0.2, 0.25) is 0 Å². The summed E-state index contributed by atoms with van der Waals surface area (Å²) in [5.41, 5.74) is 9.15. The molecule has 6 heteroatoms. The molecule has 2 aromatic rings. The summed E-state index contributed by atoms with van der Waals surface area (Å²) in [4.78, 5) is 14.4. The number of hydrogen-bond acceptors (Lipinski definition) is 3. The Labute approximate surface area is 138 Å². The van der Waals surface area contributed by atoms with Crippen molar-refractivity contribution >= 4 is 17.3 Å². The van der Waals surface area contributed by atoms with Crippen LogP contribution in [0.5, 0.6) is 5.75 Å². The Kier molecular flexibility index (Phi) is 4.64. The van der Waals surface area contributed by atoms with Crippen LogP contribution in [0.15, 0.2) is 42.5 Å². The molecule has 0 radical (unpaired) electrons. The van der Waals surface area contributed by atoms with Crippen molar-refractivity contribution in [1.29, 1.82) is 0 Å². The van der Waals surface area contributed by atoms with Crippen molar-refractivity contribution in [2.24, 2.45) is 0 Å². The number of ether oxygens (including phenoxy) is 1. The van der Waals surface area contributed by atoms with E-state index in [0.29, 0.717) is 17.8 Å². The van der Waals surface area contributed by atoms with Crippen molar-refractivity contribution in [3.63, 3.8) is 0 Å². The van der Waals surface area contributed by atoms with E-state index in [-0.39, 0.29) is 18.1 Å². The first-order chi connectivity index (χ1) is 11.5. The van der Waals surface area contributed by atoms with Gasteiger partial charge in [0.15, 0.2) is 0 Å². The second-order valence-corrected chi connectivity index (χ2v) is 5.70. The minimum Gasteiger partial charge on any atom is -0.435 e. The summed E-state index contributed by atoms with van der Waals surface area (Å²) in [7, 11) is 0. The zero-order valence-corrected chi connectivity index (χ0v) is 13.0. The lowest BCUT2D eigenvalue weighted by molar-refractivity contribution is -0.118. The van der Waals surface area contributed by atoms with Crippen LogP contribution >= 0.6 is 0 Å². The van der Waals surface area contributed by atoms with Crippen LogP contribution in [0, 0.1) is 0 Å². The molecule has 0 spiro atoms. The molecule has 3 rings (SSSR count). The lowest BCUT2D eigenvalue weighted by Crippen LogP contribution is -2.36. The van der Waals surface area contributed by atoms with E-state index in [1.165, 1.54) is 12.1 Å². The fourth-order valence-corrected chi connectivity index (χ4v) is 3.01. The number of hydrogen-bond donors (Lipinski definition) is 1. The van der Waals surface area contributed by atoms with E-state index in [1.54, 1.807) is 17.0 Å². The molecule has 2 aromatic carbocycles. The summed E-state index contributed by atoms with van der Waals surface area (Å²) in [6.45, 7) is -2.25. The molecule has 126 valence electrons. The van der Waals surface area contributed by atoms with Crippen molar-refractivity contribution in [3.8, 4) is 5.75 Å². The van der Waals surface area contributed by atoms with Gasteiger partial charge in [0.05, 0.1) is 6.42 Å². The molecule has 1 amide bonds. The first-order valence-electron chi connectivity index (χ1n) is 7.76. The highest BCUT2D eigenvalue weighted by Crippen LogP contribution is 2.31. The van der Waals surface area contributed by atoms with Gasteiger partial charge in [-0.3, -0.25) is 4.79 Å². The van der Waals surface area contributed by atoms with Gasteiger partial charge < -0.3 is 15.4 Å². The molecule has 0 atom stereocenters. The van der Waals surface area contributed by atoms with Gasteiger partial charge in [-0.15, -0.1) is 0 Å². The molecule has 4 nitrogen and oxygen atoms in total. The van der Waals surface area contributed by atoms with Gasteiger partial charge in [-0.05, 0) is 48.2 Å². The Morgan fingerprint density at radius 1 is 1.25 bits per heavy atom. The highest BCUT2D eigenvalue weighted by Gasteiger charge is 2.23. The first kappa shape index (κ1) is 16.2. The third-order valence-corrected chi connectivity index (χ3v) is 4.07. The molecule has 0 unspecified atom stereocenters. The molecular formula is C18H18F2N2O2. The van der Waals surface area contributed by atoms with Crippen LogP contribution in [0.4, 0.5) is 20.2 Å². The second kappa shape index (κ2) is 6.86. The number of rotatable bonds is 4. The number of carbonyl (C=O) groups is 1. The van der Waals surface area contributed by atoms with E-state index in [1.807, 2.05) is 18.2 Å². The normalized spacial score (nSPS) is 13.7. The number of nitrogen functional groups attached to an aromatic ring is 1. The van der Waals surface area contributed by atoms with Crippen molar-refractivity contribution in [3.05, 3.63) is 53.6 Å². The third kappa shape index (κ3) is 3.48. The molecule has 0 saturated carbocycles. The molecule has 2 N–H and O–H groups in total. The first-order valence-corrected chi connectivity index (χ1v) is 7.76. The molecule has 0 aromatic heterocycles. The number of alkyl halides is 2. The van der Waals surface area contributed by atoms with Crippen LogP contribution in [-0.2, 0) is 17.6 Å². The maximum Gasteiger partial charge on any atom is 0.387 e. The lowest BCUT2D eigenvalue weighted by Gasteiger charge is -2.30. The Morgan fingerprint density at radius 3 is 2.83 bits per heavy atom. The predicted molar refractivity (Wildman–Crippen MR) is 88.3 cm³/mol. The molecule has 0 bridgehead atoms. The largest absolute Gasteiger partial charge is 0.435 e. The summed E-state index contributed by atoms with van der Waals surface area (Å²) >= 11 is 0. The van der Waals surface area contributed by atoms with Crippen LogP contribution in [0.3, 0.4) is 0 Å². The minimum absolute atomic E-state index is 0.0542. The smallest absolute Gasteiger partial charge is 0.387 e. The van der Waals surface area contributed by atoms with Crippen LogP contribution in [0.1, 0.15) is 17.5 Å². The van der Waals surface area contributed by atoms with Gasteiger partial charge in [-0.2, -0.15) is 8.78 Å². The van der Waals surface area contributed by atoms with Gasteiger partial charge in [0, 0.05) is 17.9 Å². The van der Waals surface area contributed by atoms with E-state index < -0.39 is 6.61 Å². The molecule has 1 heterocycles. The number of carbonyl (C=O) groups excluding carboxylic acids is 1. The minimum atomic E-state index is -2.88. The molecule has 1 aliphatic rings. The van der Waals surface area contributed by atoms with Crippen molar-refractivity contribution in [1.82, 2.24) is 0 Å². The monoisotopic (exact) mass is 332 g/mol. The standard InChI is InChI=1S/C18H18F2N2O2/c19-18(20)24-13-5-1-4-12(10-13)11-17(23)22-9-3-6-14-15(21)7-2-8-16(14)22/h1-2,4-5,7-8,10,18H,3,6,9,11,21H2. The zero-order chi connectivity index (χ0) is 17.1. The van der Waals surface area contributed by atoms with Crippen LogP contribution < -0.4 is 15.4 Å². The fourth-order valence-electron chi connectivity index (χ4n) is 3.01. The topological polar surface area (TPSA) is 55.6 Å². The average molecular weight is 332 g/mol. The highest BCUT2D eigenvalue weighted by atomic mass is 19.3. The summed E-state index contributed by atoms with van der Waals surface area (Å²) < 4.78 is 29.0. The summed E-state index contributed by atoms with van der Waals surface area (Å²) in [6.07, 6.45) is 1.82. The Bertz CT molecular complexity index is 750. The van der Waals surface area contributed by atoms with Crippen LogP contribution in [0.25, 0.3) is 0 Å².